The molecule has 0 bridgehead atoms. The number of carbonyl (C=O) groups excluding carboxylic acids is 1. The van der Waals surface area contributed by atoms with Crippen molar-refractivity contribution in [2.45, 2.75) is 25.7 Å². The Morgan fingerprint density at radius 3 is 2.77 bits per heavy atom. The molecule has 1 aliphatic heterocycles. The van der Waals surface area contributed by atoms with Crippen molar-refractivity contribution in [2.75, 3.05) is 17.2 Å². The highest BCUT2D eigenvalue weighted by Gasteiger charge is 2.10. The second kappa shape index (κ2) is 7.85. The number of hydrogen-bond acceptors (Lipinski definition) is 2. The highest BCUT2D eigenvalue weighted by molar-refractivity contribution is 5.91. The molecule has 1 amide bonds. The topological polar surface area (TPSA) is 41.1 Å². The van der Waals surface area contributed by atoms with Crippen LogP contribution in [0.15, 0.2) is 48.5 Å². The van der Waals surface area contributed by atoms with Crippen LogP contribution in [-0.2, 0) is 17.6 Å². The summed E-state index contributed by atoms with van der Waals surface area (Å²) >= 11 is 0. The average molecular weight is 317 g/mol. The third-order valence-corrected chi connectivity index (χ3v) is 3.81. The van der Waals surface area contributed by atoms with Crippen molar-refractivity contribution in [1.29, 1.82) is 0 Å². The van der Waals surface area contributed by atoms with Gasteiger partial charge in [0.15, 0.2) is 0 Å². The summed E-state index contributed by atoms with van der Waals surface area (Å²) in [5.74, 6) is 0.0718. The molecule has 22 heavy (non-hydrogen) atoms. The van der Waals surface area contributed by atoms with Gasteiger partial charge in [-0.2, -0.15) is 0 Å². The zero-order valence-corrected chi connectivity index (χ0v) is 13.3. The van der Waals surface area contributed by atoms with E-state index < -0.39 is 0 Å². The molecule has 3 rings (SSSR count). The monoisotopic (exact) mass is 316 g/mol. The van der Waals surface area contributed by atoms with Crippen molar-refractivity contribution in [2.24, 2.45) is 0 Å². The van der Waals surface area contributed by atoms with Gasteiger partial charge in [-0.25, -0.2) is 0 Å². The van der Waals surface area contributed by atoms with Gasteiger partial charge in [0, 0.05) is 24.3 Å². The van der Waals surface area contributed by atoms with Gasteiger partial charge in [0.2, 0.25) is 5.91 Å². The van der Waals surface area contributed by atoms with Gasteiger partial charge in [0.1, 0.15) is 0 Å². The molecular weight excluding hydrogens is 296 g/mol. The molecule has 1 heterocycles. The Balaban J connectivity index is 0.00000176. The molecule has 2 N–H and O–H groups in total. The quantitative estimate of drug-likeness (QED) is 0.894. The molecule has 1 aliphatic rings. The maximum absolute atomic E-state index is 12.0. The van der Waals surface area contributed by atoms with E-state index in [9.17, 15) is 4.79 Å². The molecule has 0 aliphatic carbocycles. The number of carbonyl (C=O) groups is 1. The maximum Gasteiger partial charge on any atom is 0.224 e. The molecule has 2 aromatic rings. The molecule has 0 unspecified atom stereocenters. The van der Waals surface area contributed by atoms with Crippen LogP contribution in [0.3, 0.4) is 0 Å². The van der Waals surface area contributed by atoms with Crippen LogP contribution in [-0.4, -0.2) is 12.5 Å². The number of fused-ring (bicyclic) bond motifs is 1. The fraction of sp³-hybridized carbons (Fsp3) is 0.278. The Labute approximate surface area is 137 Å². The predicted octanol–water partition coefficient (Wildman–Crippen LogP) is 4.04. The van der Waals surface area contributed by atoms with Gasteiger partial charge < -0.3 is 10.6 Å². The third kappa shape index (κ3) is 4.25. The molecule has 0 saturated carbocycles. The minimum atomic E-state index is 0. The summed E-state index contributed by atoms with van der Waals surface area (Å²) in [5.41, 5.74) is 4.59. The predicted molar refractivity (Wildman–Crippen MR) is 93.9 cm³/mol. The van der Waals surface area contributed by atoms with Crippen molar-refractivity contribution < 1.29 is 4.79 Å². The second-order valence-electron chi connectivity index (χ2n) is 5.44. The van der Waals surface area contributed by atoms with E-state index >= 15 is 0 Å². The Hall–Kier alpha value is -2.00. The van der Waals surface area contributed by atoms with Crippen LogP contribution in [0.25, 0.3) is 0 Å². The minimum Gasteiger partial charge on any atom is -0.385 e. The number of rotatable bonds is 4. The van der Waals surface area contributed by atoms with E-state index in [1.54, 1.807) is 0 Å². The van der Waals surface area contributed by atoms with Crippen LogP contribution in [0.2, 0.25) is 0 Å². The number of nitrogens with one attached hydrogen (secondary N) is 2. The molecule has 0 spiro atoms. The van der Waals surface area contributed by atoms with Gasteiger partial charge in [-0.1, -0.05) is 30.3 Å². The van der Waals surface area contributed by atoms with E-state index in [4.69, 9.17) is 0 Å². The van der Waals surface area contributed by atoms with Crippen LogP contribution in [0, 0.1) is 0 Å². The van der Waals surface area contributed by atoms with Gasteiger partial charge >= 0.3 is 0 Å². The summed E-state index contributed by atoms with van der Waals surface area (Å²) < 4.78 is 0. The first kappa shape index (κ1) is 16.4. The lowest BCUT2D eigenvalue weighted by molar-refractivity contribution is -0.116. The van der Waals surface area contributed by atoms with Crippen molar-refractivity contribution in [1.82, 2.24) is 0 Å². The zero-order chi connectivity index (χ0) is 14.5. The third-order valence-electron chi connectivity index (χ3n) is 3.81. The average Bonchev–Trinajstić information content (AvgIpc) is 2.54. The summed E-state index contributed by atoms with van der Waals surface area (Å²) in [5, 5.41) is 6.37. The summed E-state index contributed by atoms with van der Waals surface area (Å²) in [4.78, 5) is 12.0. The molecular formula is C18H21ClN2O. The first-order valence-corrected chi connectivity index (χ1v) is 7.52. The smallest absolute Gasteiger partial charge is 0.224 e. The van der Waals surface area contributed by atoms with Gasteiger partial charge in [0.05, 0.1) is 0 Å². The summed E-state index contributed by atoms with van der Waals surface area (Å²) in [7, 11) is 0. The van der Waals surface area contributed by atoms with Gasteiger partial charge in [-0.05, 0) is 48.6 Å². The second-order valence-corrected chi connectivity index (χ2v) is 5.44. The standard InChI is InChI=1S/C18H20N2O.ClH/c21-18(11-8-14-5-2-1-3-6-14)20-16-9-10-17-15(13-16)7-4-12-19-17;/h1-3,5-6,9-10,13,19H,4,7-8,11-12H2,(H,20,21);1H. The van der Waals surface area contributed by atoms with E-state index in [2.05, 4.69) is 34.9 Å². The zero-order valence-electron chi connectivity index (χ0n) is 12.5. The van der Waals surface area contributed by atoms with E-state index in [1.165, 1.54) is 16.8 Å². The molecule has 0 aromatic heterocycles. The number of hydrogen-bond donors (Lipinski definition) is 2. The van der Waals surface area contributed by atoms with Gasteiger partial charge in [-0.15, -0.1) is 12.4 Å². The van der Waals surface area contributed by atoms with Crippen molar-refractivity contribution in [3.05, 3.63) is 59.7 Å². The number of amides is 1. The number of halogens is 1. The highest BCUT2D eigenvalue weighted by atomic mass is 35.5. The minimum absolute atomic E-state index is 0. The lowest BCUT2D eigenvalue weighted by atomic mass is 10.0. The SMILES string of the molecule is Cl.O=C(CCc1ccccc1)Nc1ccc2c(c1)CCCN2. The van der Waals surface area contributed by atoms with Gasteiger partial charge in [-0.3, -0.25) is 4.79 Å². The van der Waals surface area contributed by atoms with E-state index in [0.29, 0.717) is 6.42 Å². The molecule has 0 fully saturated rings. The van der Waals surface area contributed by atoms with E-state index in [1.807, 2.05) is 24.3 Å². The largest absolute Gasteiger partial charge is 0.385 e. The first-order chi connectivity index (χ1) is 10.3. The molecule has 0 radical (unpaired) electrons. The Morgan fingerprint density at radius 1 is 1.14 bits per heavy atom. The normalized spacial score (nSPS) is 12.5. The van der Waals surface area contributed by atoms with E-state index in [0.717, 1.165) is 31.5 Å². The summed E-state index contributed by atoms with van der Waals surface area (Å²) in [6.07, 6.45) is 3.52. The highest BCUT2D eigenvalue weighted by Crippen LogP contribution is 2.25. The fourth-order valence-electron chi connectivity index (χ4n) is 2.68. The molecule has 0 saturated heterocycles. The first-order valence-electron chi connectivity index (χ1n) is 7.52. The van der Waals surface area contributed by atoms with Crippen molar-refractivity contribution >= 4 is 29.7 Å². The maximum atomic E-state index is 12.0. The van der Waals surface area contributed by atoms with Crippen LogP contribution in [0.1, 0.15) is 24.0 Å². The van der Waals surface area contributed by atoms with Crippen molar-refractivity contribution in [3.63, 3.8) is 0 Å². The Morgan fingerprint density at radius 2 is 1.95 bits per heavy atom. The van der Waals surface area contributed by atoms with Crippen molar-refractivity contribution in [3.8, 4) is 0 Å². The van der Waals surface area contributed by atoms with Crippen LogP contribution < -0.4 is 10.6 Å². The molecule has 2 aromatic carbocycles. The molecule has 0 atom stereocenters. The molecule has 3 nitrogen and oxygen atoms in total. The lowest BCUT2D eigenvalue weighted by Gasteiger charge is -2.18. The van der Waals surface area contributed by atoms with Crippen LogP contribution in [0.4, 0.5) is 11.4 Å². The number of aryl methyl sites for hydroxylation is 2. The molecule has 4 heteroatoms. The fourth-order valence-corrected chi connectivity index (χ4v) is 2.68. The van der Waals surface area contributed by atoms with E-state index in [-0.39, 0.29) is 18.3 Å². The summed E-state index contributed by atoms with van der Waals surface area (Å²) in [6.45, 7) is 1.04. The summed E-state index contributed by atoms with van der Waals surface area (Å²) in [6, 6.07) is 16.2. The molecule has 116 valence electrons. The van der Waals surface area contributed by atoms with Crippen LogP contribution in [0.5, 0.6) is 0 Å². The number of benzene rings is 2. The van der Waals surface area contributed by atoms with Crippen LogP contribution >= 0.6 is 12.4 Å². The Bertz CT molecular complexity index is 628. The number of anilines is 2. The Kier molecular flexibility index (Phi) is 5.84. The lowest BCUT2D eigenvalue weighted by Crippen LogP contribution is -2.15. The van der Waals surface area contributed by atoms with Gasteiger partial charge in [0.25, 0.3) is 0 Å².